The molecule has 0 aliphatic carbocycles. The number of rotatable bonds is 55. The summed E-state index contributed by atoms with van der Waals surface area (Å²) >= 11 is 0. The molecular formula is C68H117NO3. The minimum atomic E-state index is -0.878. The van der Waals surface area contributed by atoms with Crippen LogP contribution in [0, 0.1) is 0 Å². The van der Waals surface area contributed by atoms with Gasteiger partial charge in [-0.1, -0.05) is 296 Å². The molecule has 0 spiro atoms. The molecule has 2 unspecified atom stereocenters. The first-order valence-electron chi connectivity index (χ1n) is 30.7. The van der Waals surface area contributed by atoms with Crippen molar-refractivity contribution in [3.63, 3.8) is 0 Å². The number of aliphatic hydroxyl groups is 2. The van der Waals surface area contributed by atoms with E-state index < -0.39 is 12.1 Å². The Morgan fingerprint density at radius 1 is 0.347 bits per heavy atom. The predicted molar refractivity (Wildman–Crippen MR) is 322 cm³/mol. The van der Waals surface area contributed by atoms with E-state index in [1.54, 1.807) is 6.08 Å². The molecule has 0 aromatic carbocycles. The number of carbonyl (C=O) groups is 1. The molecule has 0 aliphatic rings. The van der Waals surface area contributed by atoms with E-state index in [1.807, 2.05) is 6.08 Å². The van der Waals surface area contributed by atoms with Gasteiger partial charge >= 0.3 is 0 Å². The van der Waals surface area contributed by atoms with Gasteiger partial charge in [-0.3, -0.25) is 4.79 Å². The zero-order chi connectivity index (χ0) is 52.0. The summed E-state index contributed by atoms with van der Waals surface area (Å²) in [7, 11) is 0. The topological polar surface area (TPSA) is 69.6 Å². The van der Waals surface area contributed by atoms with Gasteiger partial charge in [0.15, 0.2) is 0 Å². The Labute approximate surface area is 448 Å². The van der Waals surface area contributed by atoms with E-state index in [1.165, 1.54) is 180 Å². The van der Waals surface area contributed by atoms with Crippen LogP contribution in [0.5, 0.6) is 0 Å². The minimum Gasteiger partial charge on any atom is -0.394 e. The van der Waals surface area contributed by atoms with Gasteiger partial charge in [-0.05, 0) is 103 Å². The summed E-state index contributed by atoms with van der Waals surface area (Å²) in [4.78, 5) is 12.5. The van der Waals surface area contributed by atoms with Crippen LogP contribution in [0.1, 0.15) is 284 Å². The van der Waals surface area contributed by atoms with Crippen LogP contribution >= 0.6 is 0 Å². The van der Waals surface area contributed by atoms with Crippen molar-refractivity contribution in [2.75, 3.05) is 6.61 Å². The maximum atomic E-state index is 12.5. The summed E-state index contributed by atoms with van der Waals surface area (Å²) < 4.78 is 0. The van der Waals surface area contributed by atoms with Gasteiger partial charge in [0.25, 0.3) is 0 Å². The molecule has 0 saturated carbocycles. The minimum absolute atomic E-state index is 0.0802. The molecule has 72 heavy (non-hydrogen) atoms. The Morgan fingerprint density at radius 3 is 0.972 bits per heavy atom. The van der Waals surface area contributed by atoms with Crippen LogP contribution in [0.15, 0.2) is 122 Å². The third-order valence-electron chi connectivity index (χ3n) is 13.4. The van der Waals surface area contributed by atoms with E-state index in [2.05, 4.69) is 129 Å². The zero-order valence-corrected chi connectivity index (χ0v) is 47.4. The fourth-order valence-electron chi connectivity index (χ4n) is 8.78. The van der Waals surface area contributed by atoms with Crippen LogP contribution in [0.3, 0.4) is 0 Å². The fourth-order valence-corrected chi connectivity index (χ4v) is 8.78. The molecular weight excluding hydrogens is 879 g/mol. The summed E-state index contributed by atoms with van der Waals surface area (Å²) in [6.07, 6.45) is 95.2. The molecule has 0 aliphatic heterocycles. The van der Waals surface area contributed by atoms with Crippen molar-refractivity contribution in [2.24, 2.45) is 0 Å². The van der Waals surface area contributed by atoms with Gasteiger partial charge in [-0.15, -0.1) is 0 Å². The van der Waals surface area contributed by atoms with Crippen molar-refractivity contribution in [1.82, 2.24) is 5.32 Å². The average molecular weight is 997 g/mol. The highest BCUT2D eigenvalue weighted by molar-refractivity contribution is 5.76. The lowest BCUT2D eigenvalue weighted by atomic mass is 10.0. The number of aliphatic hydroxyl groups excluding tert-OH is 2. The van der Waals surface area contributed by atoms with Crippen molar-refractivity contribution >= 4 is 5.91 Å². The molecule has 0 aromatic heterocycles. The Balaban J connectivity index is 3.57. The van der Waals surface area contributed by atoms with Gasteiger partial charge in [0.2, 0.25) is 5.91 Å². The molecule has 4 nitrogen and oxygen atoms in total. The normalized spacial score (nSPS) is 13.7. The van der Waals surface area contributed by atoms with E-state index in [-0.39, 0.29) is 12.5 Å². The van der Waals surface area contributed by atoms with Crippen molar-refractivity contribution in [2.45, 2.75) is 296 Å². The molecule has 0 bridgehead atoms. The van der Waals surface area contributed by atoms with Crippen molar-refractivity contribution in [3.05, 3.63) is 122 Å². The quantitative estimate of drug-likeness (QED) is 0.0420. The summed E-state index contributed by atoms with van der Waals surface area (Å²) in [6, 6.07) is -0.653. The highest BCUT2D eigenvalue weighted by atomic mass is 16.3. The van der Waals surface area contributed by atoms with E-state index in [9.17, 15) is 15.0 Å². The number of allylic oxidation sites excluding steroid dienone is 19. The number of unbranched alkanes of at least 4 members (excludes halogenated alkanes) is 30. The molecule has 1 amide bonds. The van der Waals surface area contributed by atoms with Gasteiger partial charge in [-0.2, -0.15) is 0 Å². The molecule has 3 N–H and O–H groups in total. The first-order valence-corrected chi connectivity index (χ1v) is 30.7. The highest BCUT2D eigenvalue weighted by Crippen LogP contribution is 2.16. The van der Waals surface area contributed by atoms with E-state index in [0.717, 1.165) is 83.5 Å². The molecule has 412 valence electrons. The van der Waals surface area contributed by atoms with Crippen molar-refractivity contribution < 1.29 is 15.0 Å². The molecule has 2 atom stereocenters. The van der Waals surface area contributed by atoms with Crippen LogP contribution in [-0.2, 0) is 4.79 Å². The van der Waals surface area contributed by atoms with E-state index in [4.69, 9.17) is 0 Å². The van der Waals surface area contributed by atoms with Crippen LogP contribution in [-0.4, -0.2) is 34.9 Å². The lowest BCUT2D eigenvalue weighted by molar-refractivity contribution is -0.123. The molecule has 4 heteroatoms. The summed E-state index contributed by atoms with van der Waals surface area (Å²) in [6.45, 7) is 4.19. The van der Waals surface area contributed by atoms with Crippen LogP contribution in [0.2, 0.25) is 0 Å². The molecule has 0 radical (unpaired) electrons. The van der Waals surface area contributed by atoms with Crippen LogP contribution in [0.4, 0.5) is 0 Å². The fraction of sp³-hybridized carbons (Fsp3) is 0.691. The summed E-state index contributed by atoms with van der Waals surface area (Å²) in [5.41, 5.74) is 0. The predicted octanol–water partition coefficient (Wildman–Crippen LogP) is 20.8. The Kier molecular flexibility index (Phi) is 59.3. The third-order valence-corrected chi connectivity index (χ3v) is 13.4. The Bertz CT molecular complexity index is 1410. The Hall–Kier alpha value is -3.21. The second-order valence-electron chi connectivity index (χ2n) is 20.4. The number of carbonyl (C=O) groups excluding carboxylic acids is 1. The smallest absolute Gasteiger partial charge is 0.220 e. The van der Waals surface area contributed by atoms with E-state index >= 15 is 0 Å². The largest absolute Gasteiger partial charge is 0.394 e. The Morgan fingerprint density at radius 2 is 0.625 bits per heavy atom. The molecule has 0 fully saturated rings. The average Bonchev–Trinajstić information content (AvgIpc) is 3.39. The van der Waals surface area contributed by atoms with Crippen LogP contribution in [0.25, 0.3) is 0 Å². The molecule has 0 saturated heterocycles. The van der Waals surface area contributed by atoms with Crippen LogP contribution < -0.4 is 5.32 Å². The second kappa shape index (κ2) is 62.1. The first kappa shape index (κ1) is 68.8. The lowest BCUT2D eigenvalue weighted by Crippen LogP contribution is -2.45. The maximum absolute atomic E-state index is 12.5. The molecule has 0 aromatic rings. The number of hydrogen-bond donors (Lipinski definition) is 3. The third kappa shape index (κ3) is 57.7. The molecule has 0 rings (SSSR count). The SMILES string of the molecule is CC/C=C\C/C=C\C/C=C\C/C=C\C/C=C\C/C=C\C/C=C\CCCCCCCCCCCCCCCCCC(=O)NC(CO)C(O)/C=C/CC/C=C/CC/C=C/CCCCCCCCCCCCCCC. The van der Waals surface area contributed by atoms with Gasteiger partial charge < -0.3 is 15.5 Å². The summed E-state index contributed by atoms with van der Waals surface area (Å²) in [5, 5.41) is 23.2. The van der Waals surface area contributed by atoms with Gasteiger partial charge in [0, 0.05) is 6.42 Å². The highest BCUT2D eigenvalue weighted by Gasteiger charge is 2.18. The lowest BCUT2D eigenvalue weighted by Gasteiger charge is -2.19. The maximum Gasteiger partial charge on any atom is 0.220 e. The van der Waals surface area contributed by atoms with Gasteiger partial charge in [0.05, 0.1) is 18.8 Å². The number of amides is 1. The standard InChI is InChI=1S/C68H117NO3/c1-3-5-7-9-11-13-15-17-19-21-23-25-27-28-29-30-31-32-33-34-35-36-37-38-39-40-42-44-46-48-50-52-54-56-58-60-62-64-68(72)69-66(65-70)67(71)63-61-59-57-55-53-51-49-47-45-43-41-26-24-22-20-18-16-14-12-10-8-6-4-2/h5,7,11,13,17,19,23,25,28-29,31-32,34-35,45,47,53,55,61,63,66-67,70-71H,3-4,6,8-10,12,14-16,18,20-22,24,26-27,30,33,36-44,46,48-52,54,56-60,62,64-65H2,1-2H3,(H,69,72)/b7-5-,13-11-,19-17-,25-23-,29-28-,32-31-,35-34-,47-45+,55-53+,63-61+. The zero-order valence-electron chi connectivity index (χ0n) is 47.4. The number of nitrogens with one attached hydrogen (secondary N) is 1. The monoisotopic (exact) mass is 996 g/mol. The van der Waals surface area contributed by atoms with Gasteiger partial charge in [0.1, 0.15) is 0 Å². The number of hydrogen-bond acceptors (Lipinski definition) is 3. The van der Waals surface area contributed by atoms with Crippen molar-refractivity contribution in [1.29, 1.82) is 0 Å². The summed E-state index contributed by atoms with van der Waals surface area (Å²) in [5.74, 6) is -0.0802. The molecule has 0 heterocycles. The van der Waals surface area contributed by atoms with Crippen molar-refractivity contribution in [3.8, 4) is 0 Å². The van der Waals surface area contributed by atoms with Gasteiger partial charge in [-0.25, -0.2) is 0 Å². The second-order valence-corrected chi connectivity index (χ2v) is 20.4. The van der Waals surface area contributed by atoms with E-state index in [0.29, 0.717) is 6.42 Å². The first-order chi connectivity index (χ1) is 35.7.